The van der Waals surface area contributed by atoms with E-state index < -0.39 is 0 Å². The number of aryl methyl sites for hydroxylation is 1. The molecule has 1 aliphatic rings. The summed E-state index contributed by atoms with van der Waals surface area (Å²) < 4.78 is 1.06. The molecule has 3 heteroatoms. The first-order chi connectivity index (χ1) is 6.27. The second kappa shape index (κ2) is 3.76. The van der Waals surface area contributed by atoms with Gasteiger partial charge in [0.05, 0.1) is 5.69 Å². The van der Waals surface area contributed by atoms with Gasteiger partial charge in [-0.15, -0.1) is 0 Å². The molecule has 0 spiro atoms. The molecule has 1 fully saturated rings. The van der Waals surface area contributed by atoms with Crippen LogP contribution < -0.4 is 5.32 Å². The fraction of sp³-hybridized carbons (Fsp3) is 0.500. The van der Waals surface area contributed by atoms with Crippen molar-refractivity contribution in [3.63, 3.8) is 0 Å². The molecule has 0 aromatic carbocycles. The lowest BCUT2D eigenvalue weighted by Crippen LogP contribution is -2.15. The number of hydrogen-bond donors (Lipinski definition) is 1. The number of nitrogens with zero attached hydrogens (tertiary/aromatic N) is 1. The maximum absolute atomic E-state index is 4.45. The Balaban J connectivity index is 2.29. The molecule has 1 atom stereocenters. The Kier molecular flexibility index (Phi) is 2.65. The number of nitrogens with one attached hydrogen (secondary N) is 1. The quantitative estimate of drug-likeness (QED) is 0.817. The zero-order chi connectivity index (χ0) is 9.26. The zero-order valence-corrected chi connectivity index (χ0v) is 9.26. The van der Waals surface area contributed by atoms with Gasteiger partial charge < -0.3 is 5.32 Å². The standard InChI is InChI=1S/C10H13BrN2/c1-7-5-8(11)6-13-10(7)9-3-2-4-12-9/h5-6,9,12H,2-4H2,1H3. The Morgan fingerprint density at radius 1 is 1.62 bits per heavy atom. The fourth-order valence-corrected chi connectivity index (χ4v) is 2.28. The number of pyridine rings is 1. The Bertz CT molecular complexity index is 306. The number of aromatic nitrogens is 1. The molecule has 1 aliphatic heterocycles. The molecule has 2 nitrogen and oxygen atoms in total. The lowest BCUT2D eigenvalue weighted by Gasteiger charge is -2.12. The van der Waals surface area contributed by atoms with Gasteiger partial charge in [0.1, 0.15) is 0 Å². The highest BCUT2D eigenvalue weighted by Crippen LogP contribution is 2.25. The van der Waals surface area contributed by atoms with Crippen LogP contribution >= 0.6 is 15.9 Å². The van der Waals surface area contributed by atoms with Crippen LogP contribution in [0.1, 0.15) is 30.1 Å². The van der Waals surface area contributed by atoms with Crippen LogP contribution in [0.5, 0.6) is 0 Å². The van der Waals surface area contributed by atoms with E-state index in [-0.39, 0.29) is 0 Å². The first kappa shape index (κ1) is 9.16. The summed E-state index contributed by atoms with van der Waals surface area (Å²) in [6.07, 6.45) is 4.36. The minimum Gasteiger partial charge on any atom is -0.309 e. The first-order valence-electron chi connectivity index (χ1n) is 4.63. The average molecular weight is 241 g/mol. The van der Waals surface area contributed by atoms with Crippen molar-refractivity contribution in [2.75, 3.05) is 6.54 Å². The van der Waals surface area contributed by atoms with E-state index in [1.165, 1.54) is 24.1 Å². The third-order valence-corrected chi connectivity index (χ3v) is 2.91. The highest BCUT2D eigenvalue weighted by molar-refractivity contribution is 9.10. The van der Waals surface area contributed by atoms with Crippen LogP contribution in [-0.2, 0) is 0 Å². The van der Waals surface area contributed by atoms with E-state index in [0.717, 1.165) is 11.0 Å². The van der Waals surface area contributed by atoms with Crippen molar-refractivity contribution in [2.24, 2.45) is 0 Å². The molecule has 0 bridgehead atoms. The third-order valence-electron chi connectivity index (χ3n) is 2.48. The molecule has 1 unspecified atom stereocenters. The van der Waals surface area contributed by atoms with Crippen LogP contribution in [0.25, 0.3) is 0 Å². The third kappa shape index (κ3) is 1.92. The van der Waals surface area contributed by atoms with Gasteiger partial charge >= 0.3 is 0 Å². The second-order valence-corrected chi connectivity index (χ2v) is 4.42. The van der Waals surface area contributed by atoms with Gasteiger partial charge in [0.2, 0.25) is 0 Å². The highest BCUT2D eigenvalue weighted by Gasteiger charge is 2.18. The zero-order valence-electron chi connectivity index (χ0n) is 7.68. The molecular weight excluding hydrogens is 228 g/mol. The average Bonchev–Trinajstić information content (AvgIpc) is 2.56. The summed E-state index contributed by atoms with van der Waals surface area (Å²) in [5.74, 6) is 0. The van der Waals surface area contributed by atoms with Gasteiger partial charge in [-0.2, -0.15) is 0 Å². The van der Waals surface area contributed by atoms with Crippen LogP contribution in [0.4, 0.5) is 0 Å². The molecular formula is C10H13BrN2. The summed E-state index contributed by atoms with van der Waals surface area (Å²) in [6, 6.07) is 2.61. The lowest BCUT2D eigenvalue weighted by molar-refractivity contribution is 0.623. The minimum atomic E-state index is 0.480. The van der Waals surface area contributed by atoms with E-state index in [0.29, 0.717) is 6.04 Å². The maximum atomic E-state index is 4.45. The summed E-state index contributed by atoms with van der Waals surface area (Å²) in [4.78, 5) is 4.45. The topological polar surface area (TPSA) is 24.9 Å². The Hall–Kier alpha value is -0.410. The van der Waals surface area contributed by atoms with Gasteiger partial charge in [-0.1, -0.05) is 0 Å². The summed E-state index contributed by atoms with van der Waals surface area (Å²) in [5, 5.41) is 3.46. The molecule has 0 saturated carbocycles. The van der Waals surface area contributed by atoms with E-state index in [9.17, 15) is 0 Å². The molecule has 2 rings (SSSR count). The SMILES string of the molecule is Cc1cc(Br)cnc1C1CCCN1. The van der Waals surface area contributed by atoms with E-state index in [1.807, 2.05) is 6.20 Å². The normalized spacial score (nSPS) is 22.2. The Morgan fingerprint density at radius 2 is 2.46 bits per heavy atom. The summed E-state index contributed by atoms with van der Waals surface area (Å²) in [7, 11) is 0. The van der Waals surface area contributed by atoms with E-state index in [2.05, 4.69) is 39.2 Å². The summed E-state index contributed by atoms with van der Waals surface area (Å²) in [5.41, 5.74) is 2.48. The van der Waals surface area contributed by atoms with Crippen LogP contribution in [0.15, 0.2) is 16.7 Å². The summed E-state index contributed by atoms with van der Waals surface area (Å²) in [6.45, 7) is 3.24. The first-order valence-corrected chi connectivity index (χ1v) is 5.42. The highest BCUT2D eigenvalue weighted by atomic mass is 79.9. The molecule has 2 heterocycles. The van der Waals surface area contributed by atoms with Gasteiger partial charge in [0.15, 0.2) is 0 Å². The predicted octanol–water partition coefficient (Wildman–Crippen LogP) is 2.58. The fourth-order valence-electron chi connectivity index (χ4n) is 1.83. The largest absolute Gasteiger partial charge is 0.309 e. The number of hydrogen-bond acceptors (Lipinski definition) is 2. The van der Waals surface area contributed by atoms with E-state index in [1.54, 1.807) is 0 Å². The smallest absolute Gasteiger partial charge is 0.0603 e. The van der Waals surface area contributed by atoms with Crippen molar-refractivity contribution >= 4 is 15.9 Å². The van der Waals surface area contributed by atoms with Crippen LogP contribution in [0, 0.1) is 6.92 Å². The molecule has 1 N–H and O–H groups in total. The molecule has 1 aromatic rings. The van der Waals surface area contributed by atoms with Gasteiger partial charge in [-0.3, -0.25) is 4.98 Å². The monoisotopic (exact) mass is 240 g/mol. The molecule has 70 valence electrons. The number of rotatable bonds is 1. The van der Waals surface area contributed by atoms with Gasteiger partial charge in [-0.05, 0) is 53.9 Å². The molecule has 1 aromatic heterocycles. The molecule has 0 aliphatic carbocycles. The van der Waals surface area contributed by atoms with Crippen molar-refractivity contribution in [3.8, 4) is 0 Å². The van der Waals surface area contributed by atoms with Crippen LogP contribution in [-0.4, -0.2) is 11.5 Å². The molecule has 0 radical (unpaired) electrons. The Labute approximate surface area is 86.9 Å². The minimum absolute atomic E-state index is 0.480. The van der Waals surface area contributed by atoms with E-state index in [4.69, 9.17) is 0 Å². The van der Waals surface area contributed by atoms with Crippen LogP contribution in [0.2, 0.25) is 0 Å². The van der Waals surface area contributed by atoms with Crippen molar-refractivity contribution in [2.45, 2.75) is 25.8 Å². The lowest BCUT2D eigenvalue weighted by atomic mass is 10.1. The predicted molar refractivity (Wildman–Crippen MR) is 56.7 cm³/mol. The summed E-state index contributed by atoms with van der Waals surface area (Å²) >= 11 is 3.42. The van der Waals surface area contributed by atoms with Crippen molar-refractivity contribution < 1.29 is 0 Å². The van der Waals surface area contributed by atoms with Gasteiger partial charge in [0, 0.05) is 16.7 Å². The molecule has 13 heavy (non-hydrogen) atoms. The van der Waals surface area contributed by atoms with Crippen molar-refractivity contribution in [1.29, 1.82) is 0 Å². The maximum Gasteiger partial charge on any atom is 0.0603 e. The van der Waals surface area contributed by atoms with Crippen LogP contribution in [0.3, 0.4) is 0 Å². The van der Waals surface area contributed by atoms with Crippen molar-refractivity contribution in [3.05, 3.63) is 28.0 Å². The Morgan fingerprint density at radius 3 is 3.08 bits per heavy atom. The molecule has 0 amide bonds. The van der Waals surface area contributed by atoms with Crippen molar-refractivity contribution in [1.82, 2.24) is 10.3 Å². The second-order valence-electron chi connectivity index (χ2n) is 3.50. The number of halogens is 1. The van der Waals surface area contributed by atoms with Gasteiger partial charge in [0.25, 0.3) is 0 Å². The molecule has 1 saturated heterocycles. The van der Waals surface area contributed by atoms with E-state index >= 15 is 0 Å². The van der Waals surface area contributed by atoms with Gasteiger partial charge in [-0.25, -0.2) is 0 Å².